The molecular formula is C9H7NO. The zero-order valence-corrected chi connectivity index (χ0v) is 5.90. The van der Waals surface area contributed by atoms with Crippen LogP contribution in [0, 0.1) is 0 Å². The summed E-state index contributed by atoms with van der Waals surface area (Å²) in [7, 11) is 0. The SMILES string of the molecule is O=Cc1ccc(C2C=N2)cc1. The number of benzene rings is 1. The molecule has 1 aliphatic rings. The molecule has 1 unspecified atom stereocenters. The van der Waals surface area contributed by atoms with Gasteiger partial charge in [-0.3, -0.25) is 9.79 Å². The van der Waals surface area contributed by atoms with E-state index in [1.54, 1.807) is 0 Å². The molecule has 1 aliphatic heterocycles. The molecule has 1 aromatic carbocycles. The lowest BCUT2D eigenvalue weighted by Gasteiger charge is -1.94. The Labute approximate surface area is 64.6 Å². The third-order valence-corrected chi connectivity index (χ3v) is 1.71. The quantitative estimate of drug-likeness (QED) is 0.581. The van der Waals surface area contributed by atoms with Gasteiger partial charge in [0.05, 0.1) is 0 Å². The second-order valence-corrected chi connectivity index (χ2v) is 2.53. The van der Waals surface area contributed by atoms with E-state index >= 15 is 0 Å². The molecule has 0 radical (unpaired) electrons. The van der Waals surface area contributed by atoms with Crippen LogP contribution in [0.15, 0.2) is 29.3 Å². The average Bonchev–Trinajstić information content (AvgIpc) is 2.87. The van der Waals surface area contributed by atoms with Crippen molar-refractivity contribution in [3.63, 3.8) is 0 Å². The summed E-state index contributed by atoms with van der Waals surface area (Å²) in [6, 6.07) is 7.77. The van der Waals surface area contributed by atoms with Crippen LogP contribution >= 0.6 is 0 Å². The number of hydrogen-bond acceptors (Lipinski definition) is 2. The molecule has 2 heteroatoms. The van der Waals surface area contributed by atoms with E-state index in [4.69, 9.17) is 0 Å². The smallest absolute Gasteiger partial charge is 0.150 e. The van der Waals surface area contributed by atoms with Crippen molar-refractivity contribution in [2.75, 3.05) is 0 Å². The first-order chi connectivity index (χ1) is 5.40. The summed E-state index contributed by atoms with van der Waals surface area (Å²) in [6.45, 7) is 0. The first-order valence-electron chi connectivity index (χ1n) is 3.48. The van der Waals surface area contributed by atoms with Crippen molar-refractivity contribution < 1.29 is 4.79 Å². The second-order valence-electron chi connectivity index (χ2n) is 2.53. The fourth-order valence-corrected chi connectivity index (χ4v) is 0.987. The van der Waals surface area contributed by atoms with E-state index in [2.05, 4.69) is 4.99 Å². The van der Waals surface area contributed by atoms with Crippen molar-refractivity contribution >= 4 is 12.5 Å². The van der Waals surface area contributed by atoms with E-state index in [9.17, 15) is 4.79 Å². The summed E-state index contributed by atoms with van der Waals surface area (Å²) in [5.41, 5.74) is 1.88. The molecule has 1 heterocycles. The van der Waals surface area contributed by atoms with Gasteiger partial charge in [-0.1, -0.05) is 24.3 Å². The zero-order chi connectivity index (χ0) is 7.68. The molecule has 0 amide bonds. The molecule has 0 aromatic heterocycles. The minimum Gasteiger partial charge on any atom is -0.298 e. The first-order valence-corrected chi connectivity index (χ1v) is 3.48. The lowest BCUT2D eigenvalue weighted by Crippen LogP contribution is -1.83. The van der Waals surface area contributed by atoms with Gasteiger partial charge in [-0.15, -0.1) is 0 Å². The van der Waals surface area contributed by atoms with E-state index < -0.39 is 0 Å². The molecule has 2 nitrogen and oxygen atoms in total. The van der Waals surface area contributed by atoms with Gasteiger partial charge in [0.2, 0.25) is 0 Å². The summed E-state index contributed by atoms with van der Waals surface area (Å²) in [5, 5.41) is 0. The maximum atomic E-state index is 10.3. The average molecular weight is 145 g/mol. The lowest BCUT2D eigenvalue weighted by molar-refractivity contribution is 0.112. The van der Waals surface area contributed by atoms with Gasteiger partial charge in [0.25, 0.3) is 0 Å². The Morgan fingerprint density at radius 1 is 1.27 bits per heavy atom. The molecule has 0 aliphatic carbocycles. The lowest BCUT2D eigenvalue weighted by atomic mass is 10.1. The summed E-state index contributed by atoms with van der Waals surface area (Å²) < 4.78 is 0. The van der Waals surface area contributed by atoms with Crippen molar-refractivity contribution in [2.45, 2.75) is 6.04 Å². The van der Waals surface area contributed by atoms with Crippen molar-refractivity contribution in [1.29, 1.82) is 0 Å². The molecule has 2 rings (SSSR count). The molecule has 0 fully saturated rings. The highest BCUT2D eigenvalue weighted by atomic mass is 16.1. The number of carbonyl (C=O) groups excluding carboxylic acids is 1. The third-order valence-electron chi connectivity index (χ3n) is 1.71. The van der Waals surface area contributed by atoms with Gasteiger partial charge in [0.15, 0.2) is 0 Å². The molecule has 0 N–H and O–H groups in total. The Morgan fingerprint density at radius 2 is 1.91 bits per heavy atom. The predicted octanol–water partition coefficient (Wildman–Crippen LogP) is 1.62. The number of rotatable bonds is 2. The monoisotopic (exact) mass is 145 g/mol. The standard InChI is InChI=1S/C9H7NO/c11-6-7-1-3-8(4-2-7)9-5-10-9/h1-6,9H. The molecule has 0 saturated carbocycles. The van der Waals surface area contributed by atoms with Crippen molar-refractivity contribution in [2.24, 2.45) is 4.99 Å². The maximum Gasteiger partial charge on any atom is 0.150 e. The molecule has 1 aromatic rings. The van der Waals surface area contributed by atoms with Crippen LogP contribution in [0.2, 0.25) is 0 Å². The Kier molecular flexibility index (Phi) is 1.32. The Hall–Kier alpha value is -1.44. The van der Waals surface area contributed by atoms with Gasteiger partial charge in [-0.05, 0) is 5.56 Å². The maximum absolute atomic E-state index is 10.3. The van der Waals surface area contributed by atoms with Crippen LogP contribution in [0.4, 0.5) is 0 Å². The highest BCUT2D eigenvalue weighted by Crippen LogP contribution is 2.23. The van der Waals surface area contributed by atoms with E-state index in [1.165, 1.54) is 0 Å². The number of nitrogens with zero attached hydrogens (tertiary/aromatic N) is 1. The molecule has 1 atom stereocenters. The van der Waals surface area contributed by atoms with Crippen molar-refractivity contribution in [3.8, 4) is 0 Å². The van der Waals surface area contributed by atoms with Crippen LogP contribution in [0.3, 0.4) is 0 Å². The van der Waals surface area contributed by atoms with Crippen LogP contribution < -0.4 is 0 Å². The second kappa shape index (κ2) is 2.31. The van der Waals surface area contributed by atoms with Crippen molar-refractivity contribution in [1.82, 2.24) is 0 Å². The summed E-state index contributed by atoms with van der Waals surface area (Å²) in [6.07, 6.45) is 2.73. The van der Waals surface area contributed by atoms with E-state index in [-0.39, 0.29) is 6.04 Å². The number of carbonyl (C=O) groups is 1. The summed E-state index contributed by atoms with van der Waals surface area (Å²) >= 11 is 0. The minimum absolute atomic E-state index is 0.288. The van der Waals surface area contributed by atoms with Gasteiger partial charge >= 0.3 is 0 Å². The van der Waals surface area contributed by atoms with Crippen LogP contribution in [-0.2, 0) is 0 Å². The number of aliphatic imine (C=N–C) groups is 1. The van der Waals surface area contributed by atoms with E-state index in [0.717, 1.165) is 17.4 Å². The van der Waals surface area contributed by atoms with Gasteiger partial charge in [-0.2, -0.15) is 0 Å². The van der Waals surface area contributed by atoms with Gasteiger partial charge in [-0.25, -0.2) is 0 Å². The highest BCUT2D eigenvalue weighted by molar-refractivity contribution is 5.81. The largest absolute Gasteiger partial charge is 0.298 e. The van der Waals surface area contributed by atoms with Crippen LogP contribution in [-0.4, -0.2) is 12.5 Å². The van der Waals surface area contributed by atoms with Crippen LogP contribution in [0.5, 0.6) is 0 Å². The zero-order valence-electron chi connectivity index (χ0n) is 5.90. The molecule has 0 bridgehead atoms. The number of aldehydes is 1. The van der Waals surface area contributed by atoms with E-state index in [1.807, 2.05) is 30.5 Å². The van der Waals surface area contributed by atoms with Gasteiger partial charge in [0.1, 0.15) is 12.3 Å². The Bertz CT molecular complexity index is 294. The minimum atomic E-state index is 0.288. The summed E-state index contributed by atoms with van der Waals surface area (Å²) in [5.74, 6) is 0. The Morgan fingerprint density at radius 3 is 2.36 bits per heavy atom. The van der Waals surface area contributed by atoms with Gasteiger partial charge < -0.3 is 0 Å². The molecule has 11 heavy (non-hydrogen) atoms. The summed E-state index contributed by atoms with van der Waals surface area (Å²) in [4.78, 5) is 14.3. The predicted molar refractivity (Wildman–Crippen MR) is 43.1 cm³/mol. The van der Waals surface area contributed by atoms with E-state index in [0.29, 0.717) is 0 Å². The molecule has 0 spiro atoms. The first kappa shape index (κ1) is 6.28. The topological polar surface area (TPSA) is 29.4 Å². The van der Waals surface area contributed by atoms with Crippen LogP contribution in [0.1, 0.15) is 22.0 Å². The fraction of sp³-hybridized carbons (Fsp3) is 0.111. The number of hydrogen-bond donors (Lipinski definition) is 0. The van der Waals surface area contributed by atoms with Crippen molar-refractivity contribution in [3.05, 3.63) is 35.4 Å². The Balaban J connectivity index is 2.26. The fourth-order valence-electron chi connectivity index (χ4n) is 0.987. The molecular weight excluding hydrogens is 138 g/mol. The van der Waals surface area contributed by atoms with Gasteiger partial charge in [0, 0.05) is 11.8 Å². The molecule has 54 valence electrons. The third kappa shape index (κ3) is 1.19. The molecule has 0 saturated heterocycles. The highest BCUT2D eigenvalue weighted by Gasteiger charge is 2.14. The van der Waals surface area contributed by atoms with Crippen LogP contribution in [0.25, 0.3) is 0 Å². The normalized spacial score (nSPS) is 19.8.